The zero-order chi connectivity index (χ0) is 9.97. The Labute approximate surface area is 84.2 Å². The highest BCUT2D eigenvalue weighted by Crippen LogP contribution is 2.16. The normalized spacial score (nSPS) is 22.8. The topological polar surface area (TPSA) is 55.0 Å². The van der Waals surface area contributed by atoms with Crippen molar-refractivity contribution in [3.05, 3.63) is 18.1 Å². The van der Waals surface area contributed by atoms with Gasteiger partial charge in [0.2, 0.25) is 0 Å². The molecule has 1 aliphatic rings. The summed E-state index contributed by atoms with van der Waals surface area (Å²) in [4.78, 5) is 10.8. The second-order valence-corrected chi connectivity index (χ2v) is 4.03. The molecule has 1 aromatic rings. The molecule has 2 rings (SSSR count). The number of hydrogen-bond acceptors (Lipinski definition) is 4. The molecule has 0 amide bonds. The van der Waals surface area contributed by atoms with E-state index in [0.29, 0.717) is 5.82 Å². The zero-order valence-electron chi connectivity index (χ0n) is 8.48. The van der Waals surface area contributed by atoms with Gasteiger partial charge >= 0.3 is 0 Å². The number of likely N-dealkylation sites (tertiary alicyclic amines) is 1. The quantitative estimate of drug-likeness (QED) is 0.756. The molecule has 1 saturated heterocycles. The number of hydrogen-bond donors (Lipinski definition) is 1. The SMILES string of the molecule is C[C@H]1CCN(Cc2nccc(N)n2)C1. The molecule has 0 spiro atoms. The highest BCUT2D eigenvalue weighted by molar-refractivity contribution is 5.24. The smallest absolute Gasteiger partial charge is 0.144 e. The first-order chi connectivity index (χ1) is 6.74. The number of anilines is 1. The maximum absolute atomic E-state index is 5.59. The second kappa shape index (κ2) is 3.92. The fraction of sp³-hybridized carbons (Fsp3) is 0.600. The first kappa shape index (κ1) is 9.40. The molecule has 1 aliphatic heterocycles. The Morgan fingerprint density at radius 3 is 3.14 bits per heavy atom. The third kappa shape index (κ3) is 2.20. The van der Waals surface area contributed by atoms with Crippen LogP contribution in [0, 0.1) is 5.92 Å². The number of nitrogens with two attached hydrogens (primary N) is 1. The fourth-order valence-corrected chi connectivity index (χ4v) is 1.86. The Bertz CT molecular complexity index is 313. The zero-order valence-corrected chi connectivity index (χ0v) is 8.48. The van der Waals surface area contributed by atoms with Gasteiger partial charge in [0.15, 0.2) is 0 Å². The molecule has 76 valence electrons. The van der Waals surface area contributed by atoms with Crippen molar-refractivity contribution in [2.75, 3.05) is 18.8 Å². The summed E-state index contributed by atoms with van der Waals surface area (Å²) in [6.45, 7) is 5.41. The Morgan fingerprint density at radius 2 is 2.50 bits per heavy atom. The molecular formula is C10H16N4. The van der Waals surface area contributed by atoms with Crippen molar-refractivity contribution < 1.29 is 0 Å². The fourth-order valence-electron chi connectivity index (χ4n) is 1.86. The largest absolute Gasteiger partial charge is 0.384 e. The summed E-state index contributed by atoms with van der Waals surface area (Å²) in [5.41, 5.74) is 5.59. The van der Waals surface area contributed by atoms with E-state index >= 15 is 0 Å². The molecule has 14 heavy (non-hydrogen) atoms. The van der Waals surface area contributed by atoms with Crippen molar-refractivity contribution in [3.8, 4) is 0 Å². The molecule has 4 nitrogen and oxygen atoms in total. The van der Waals surface area contributed by atoms with Crippen LogP contribution in [0.25, 0.3) is 0 Å². The van der Waals surface area contributed by atoms with Gasteiger partial charge in [-0.3, -0.25) is 4.90 Å². The molecule has 4 heteroatoms. The van der Waals surface area contributed by atoms with Gasteiger partial charge in [-0.05, 0) is 24.9 Å². The Morgan fingerprint density at radius 1 is 1.64 bits per heavy atom. The maximum Gasteiger partial charge on any atom is 0.144 e. The van der Waals surface area contributed by atoms with Crippen molar-refractivity contribution in [1.29, 1.82) is 0 Å². The highest BCUT2D eigenvalue weighted by Gasteiger charge is 2.19. The predicted molar refractivity (Wildman–Crippen MR) is 55.5 cm³/mol. The van der Waals surface area contributed by atoms with E-state index in [9.17, 15) is 0 Å². The van der Waals surface area contributed by atoms with Crippen LogP contribution in [-0.4, -0.2) is 28.0 Å². The molecule has 0 aromatic carbocycles. The van der Waals surface area contributed by atoms with Crippen LogP contribution in [0.2, 0.25) is 0 Å². The van der Waals surface area contributed by atoms with Crippen molar-refractivity contribution in [2.24, 2.45) is 5.92 Å². The van der Waals surface area contributed by atoms with Gasteiger partial charge < -0.3 is 5.73 Å². The van der Waals surface area contributed by atoms with E-state index in [0.717, 1.165) is 31.4 Å². The number of rotatable bonds is 2. The average Bonchev–Trinajstić information content (AvgIpc) is 2.51. The lowest BCUT2D eigenvalue weighted by Crippen LogP contribution is -2.21. The van der Waals surface area contributed by atoms with Crippen LogP contribution in [0.5, 0.6) is 0 Å². The summed E-state index contributed by atoms with van der Waals surface area (Å²) in [6.07, 6.45) is 3.00. The van der Waals surface area contributed by atoms with Gasteiger partial charge in [-0.25, -0.2) is 9.97 Å². The van der Waals surface area contributed by atoms with Crippen LogP contribution >= 0.6 is 0 Å². The van der Waals surface area contributed by atoms with Crippen molar-refractivity contribution in [1.82, 2.24) is 14.9 Å². The first-order valence-corrected chi connectivity index (χ1v) is 5.04. The molecule has 0 aliphatic carbocycles. The molecule has 0 unspecified atom stereocenters. The molecule has 1 aromatic heterocycles. The molecule has 0 radical (unpaired) electrons. The number of nitrogens with zero attached hydrogens (tertiary/aromatic N) is 3. The lowest BCUT2D eigenvalue weighted by Gasteiger charge is -2.13. The minimum atomic E-state index is 0.558. The lowest BCUT2D eigenvalue weighted by molar-refractivity contribution is 0.312. The van der Waals surface area contributed by atoms with Crippen LogP contribution in [0.4, 0.5) is 5.82 Å². The van der Waals surface area contributed by atoms with Gasteiger partial charge in [0.1, 0.15) is 11.6 Å². The van der Waals surface area contributed by atoms with Crippen molar-refractivity contribution in [3.63, 3.8) is 0 Å². The summed E-state index contributed by atoms with van der Waals surface area (Å²) >= 11 is 0. The molecular weight excluding hydrogens is 176 g/mol. The van der Waals surface area contributed by atoms with E-state index in [1.54, 1.807) is 12.3 Å². The van der Waals surface area contributed by atoms with Crippen LogP contribution < -0.4 is 5.73 Å². The monoisotopic (exact) mass is 192 g/mol. The van der Waals surface area contributed by atoms with E-state index in [1.165, 1.54) is 6.42 Å². The minimum Gasteiger partial charge on any atom is -0.384 e. The number of nitrogen functional groups attached to an aromatic ring is 1. The Kier molecular flexibility index (Phi) is 2.63. The molecule has 1 fully saturated rings. The molecule has 1 atom stereocenters. The third-order valence-corrected chi connectivity index (χ3v) is 2.60. The summed E-state index contributed by atoms with van der Waals surface area (Å²) in [7, 11) is 0. The van der Waals surface area contributed by atoms with Crippen molar-refractivity contribution >= 4 is 5.82 Å². The number of aromatic nitrogens is 2. The van der Waals surface area contributed by atoms with Gasteiger partial charge in [-0.15, -0.1) is 0 Å². The Balaban J connectivity index is 1.97. The summed E-state index contributed by atoms with van der Waals surface area (Å²) in [5, 5.41) is 0. The summed E-state index contributed by atoms with van der Waals surface area (Å²) in [6, 6.07) is 1.72. The highest BCUT2D eigenvalue weighted by atomic mass is 15.2. The van der Waals surface area contributed by atoms with Crippen molar-refractivity contribution in [2.45, 2.75) is 19.9 Å². The Hall–Kier alpha value is -1.16. The van der Waals surface area contributed by atoms with Crippen LogP contribution in [0.3, 0.4) is 0 Å². The van der Waals surface area contributed by atoms with Gasteiger partial charge in [0.25, 0.3) is 0 Å². The van der Waals surface area contributed by atoms with E-state index in [2.05, 4.69) is 21.8 Å². The first-order valence-electron chi connectivity index (χ1n) is 5.04. The standard InChI is InChI=1S/C10H16N4/c1-8-3-5-14(6-8)7-10-12-4-2-9(11)13-10/h2,4,8H,3,5-7H2,1H3,(H2,11,12,13)/t8-/m0/s1. The third-order valence-electron chi connectivity index (χ3n) is 2.60. The van der Waals surface area contributed by atoms with Gasteiger partial charge in [0.05, 0.1) is 6.54 Å². The van der Waals surface area contributed by atoms with Gasteiger partial charge in [0, 0.05) is 12.7 Å². The van der Waals surface area contributed by atoms with Crippen LogP contribution in [0.1, 0.15) is 19.2 Å². The average molecular weight is 192 g/mol. The predicted octanol–water partition coefficient (Wildman–Crippen LogP) is 0.901. The summed E-state index contributed by atoms with van der Waals surface area (Å²) < 4.78 is 0. The van der Waals surface area contributed by atoms with E-state index in [4.69, 9.17) is 5.73 Å². The minimum absolute atomic E-state index is 0.558. The lowest BCUT2D eigenvalue weighted by atomic mass is 10.2. The van der Waals surface area contributed by atoms with Crippen LogP contribution in [-0.2, 0) is 6.54 Å². The molecule has 0 bridgehead atoms. The van der Waals surface area contributed by atoms with Crippen LogP contribution in [0.15, 0.2) is 12.3 Å². The molecule has 0 saturated carbocycles. The van der Waals surface area contributed by atoms with E-state index in [1.807, 2.05) is 0 Å². The van der Waals surface area contributed by atoms with Gasteiger partial charge in [-0.1, -0.05) is 6.92 Å². The second-order valence-electron chi connectivity index (χ2n) is 4.03. The van der Waals surface area contributed by atoms with E-state index in [-0.39, 0.29) is 0 Å². The maximum atomic E-state index is 5.59. The summed E-state index contributed by atoms with van der Waals surface area (Å²) in [5.74, 6) is 2.19. The molecule has 2 heterocycles. The van der Waals surface area contributed by atoms with E-state index < -0.39 is 0 Å². The molecule has 2 N–H and O–H groups in total. The van der Waals surface area contributed by atoms with Gasteiger partial charge in [-0.2, -0.15) is 0 Å².